The molecule has 0 atom stereocenters. The summed E-state index contributed by atoms with van der Waals surface area (Å²) in [5, 5.41) is 7.30. The average molecular weight is 497 g/mol. The van der Waals surface area contributed by atoms with E-state index in [-0.39, 0.29) is 0 Å². The van der Waals surface area contributed by atoms with Crippen LogP contribution in [0.2, 0.25) is 0 Å². The summed E-state index contributed by atoms with van der Waals surface area (Å²) in [7, 11) is 1.59. The molecular formula is C27H24N6O2S. The van der Waals surface area contributed by atoms with Crippen molar-refractivity contribution in [3.05, 3.63) is 89.6 Å². The number of hydrogen-bond donors (Lipinski definition) is 2. The van der Waals surface area contributed by atoms with E-state index in [2.05, 4.69) is 37.7 Å². The topological polar surface area (TPSA) is 102 Å². The zero-order chi connectivity index (χ0) is 24.7. The van der Waals surface area contributed by atoms with Crippen LogP contribution in [0.1, 0.15) is 23.2 Å². The molecule has 2 aromatic carbocycles. The first-order valence-corrected chi connectivity index (χ1v) is 12.3. The summed E-state index contributed by atoms with van der Waals surface area (Å²) in [5.74, 6) is 1.66. The number of anilines is 4. The third kappa shape index (κ3) is 5.81. The molecule has 0 bridgehead atoms. The molecule has 0 fully saturated rings. The van der Waals surface area contributed by atoms with Crippen molar-refractivity contribution in [2.45, 2.75) is 19.3 Å². The Kier molecular flexibility index (Phi) is 7.09. The van der Waals surface area contributed by atoms with Gasteiger partial charge in [0, 0.05) is 30.7 Å². The van der Waals surface area contributed by atoms with Crippen LogP contribution in [0.3, 0.4) is 0 Å². The molecule has 36 heavy (non-hydrogen) atoms. The van der Waals surface area contributed by atoms with Gasteiger partial charge in [0.2, 0.25) is 11.8 Å². The van der Waals surface area contributed by atoms with Gasteiger partial charge in [-0.25, -0.2) is 15.0 Å². The molecule has 180 valence electrons. The Bertz CT molecular complexity index is 1470. The standard InChI is InChI=1S/C27H24N6O2S/c1-35-24-14-13-22-25(33-24)36-27(30-22)32-23-17-21(16-19-6-3-2-4-7-19)29-26(31-23)28-20-11-9-18(10-12-20)8-5-15-34/h2-4,6-7,9-15,17H,5,8,16H2,1H3,(H2,28,29,30,31,32). The van der Waals surface area contributed by atoms with Crippen molar-refractivity contribution >= 4 is 50.6 Å². The fourth-order valence-electron chi connectivity index (χ4n) is 3.70. The maximum Gasteiger partial charge on any atom is 0.229 e. The number of aldehydes is 1. The van der Waals surface area contributed by atoms with Crippen molar-refractivity contribution < 1.29 is 9.53 Å². The van der Waals surface area contributed by atoms with Crippen molar-refractivity contribution in [1.82, 2.24) is 19.9 Å². The molecule has 0 unspecified atom stereocenters. The van der Waals surface area contributed by atoms with Gasteiger partial charge in [0.1, 0.15) is 22.5 Å². The second-order valence-corrected chi connectivity index (χ2v) is 9.06. The van der Waals surface area contributed by atoms with Crippen molar-refractivity contribution in [2.75, 3.05) is 17.7 Å². The summed E-state index contributed by atoms with van der Waals surface area (Å²) in [6.07, 6.45) is 2.84. The van der Waals surface area contributed by atoms with E-state index < -0.39 is 0 Å². The molecular weight excluding hydrogens is 472 g/mol. The predicted molar refractivity (Wildman–Crippen MR) is 143 cm³/mol. The molecule has 0 aliphatic carbocycles. The number of methoxy groups -OCH3 is 1. The van der Waals surface area contributed by atoms with Crippen LogP contribution in [0.25, 0.3) is 10.3 Å². The molecule has 3 heterocycles. The molecule has 0 saturated heterocycles. The number of nitrogens with zero attached hydrogens (tertiary/aromatic N) is 4. The Morgan fingerprint density at radius 3 is 2.50 bits per heavy atom. The molecule has 0 amide bonds. The summed E-state index contributed by atoms with van der Waals surface area (Å²) in [6, 6.07) is 23.7. The summed E-state index contributed by atoms with van der Waals surface area (Å²) in [6.45, 7) is 0. The number of nitrogens with one attached hydrogen (secondary N) is 2. The summed E-state index contributed by atoms with van der Waals surface area (Å²) in [4.78, 5) is 29.9. The number of pyridine rings is 1. The number of thiazole rings is 1. The van der Waals surface area contributed by atoms with E-state index in [1.165, 1.54) is 11.3 Å². The second-order valence-electron chi connectivity index (χ2n) is 8.08. The minimum Gasteiger partial charge on any atom is -0.481 e. The van der Waals surface area contributed by atoms with Crippen molar-refractivity contribution in [3.63, 3.8) is 0 Å². The number of rotatable bonds is 10. The van der Waals surface area contributed by atoms with E-state index >= 15 is 0 Å². The smallest absolute Gasteiger partial charge is 0.229 e. The van der Waals surface area contributed by atoms with E-state index in [4.69, 9.17) is 9.72 Å². The summed E-state index contributed by atoms with van der Waals surface area (Å²) >= 11 is 1.43. The largest absolute Gasteiger partial charge is 0.481 e. The number of aryl methyl sites for hydroxylation is 1. The van der Waals surface area contributed by atoms with Gasteiger partial charge in [-0.1, -0.05) is 53.8 Å². The monoisotopic (exact) mass is 496 g/mol. The molecule has 0 aliphatic heterocycles. The Labute approximate surface area is 212 Å². The van der Waals surface area contributed by atoms with Gasteiger partial charge in [0.25, 0.3) is 0 Å². The van der Waals surface area contributed by atoms with Crippen LogP contribution in [0.15, 0.2) is 72.8 Å². The number of carbonyl (C=O) groups excluding carboxylic acids is 1. The van der Waals surface area contributed by atoms with E-state index in [0.29, 0.717) is 35.6 Å². The lowest BCUT2D eigenvalue weighted by Gasteiger charge is -2.11. The highest BCUT2D eigenvalue weighted by Gasteiger charge is 2.11. The van der Waals surface area contributed by atoms with Crippen LogP contribution in [-0.2, 0) is 17.6 Å². The Morgan fingerprint density at radius 1 is 0.889 bits per heavy atom. The van der Waals surface area contributed by atoms with Gasteiger partial charge in [-0.05, 0) is 35.7 Å². The van der Waals surface area contributed by atoms with Gasteiger partial charge in [0.15, 0.2) is 5.13 Å². The maximum absolute atomic E-state index is 10.6. The predicted octanol–water partition coefficient (Wildman–Crippen LogP) is 5.70. The third-order valence-corrected chi connectivity index (χ3v) is 6.32. The first-order valence-electron chi connectivity index (χ1n) is 11.5. The van der Waals surface area contributed by atoms with Crippen LogP contribution in [0, 0.1) is 0 Å². The first kappa shape index (κ1) is 23.4. The van der Waals surface area contributed by atoms with Gasteiger partial charge >= 0.3 is 0 Å². The summed E-state index contributed by atoms with van der Waals surface area (Å²) < 4.78 is 5.22. The van der Waals surface area contributed by atoms with E-state index in [9.17, 15) is 4.79 Å². The number of fused-ring (bicyclic) bond motifs is 1. The quantitative estimate of drug-likeness (QED) is 0.238. The highest BCUT2D eigenvalue weighted by atomic mass is 32.1. The second kappa shape index (κ2) is 10.9. The highest BCUT2D eigenvalue weighted by molar-refractivity contribution is 7.21. The van der Waals surface area contributed by atoms with Gasteiger partial charge < -0.3 is 20.2 Å². The molecule has 0 radical (unpaired) electrons. The van der Waals surface area contributed by atoms with Crippen molar-refractivity contribution in [1.29, 1.82) is 0 Å². The minimum absolute atomic E-state index is 0.479. The average Bonchev–Trinajstić information content (AvgIpc) is 3.30. The number of carbonyl (C=O) groups is 1. The number of hydrogen-bond acceptors (Lipinski definition) is 9. The lowest BCUT2D eigenvalue weighted by atomic mass is 10.1. The van der Waals surface area contributed by atoms with E-state index in [1.54, 1.807) is 13.2 Å². The third-order valence-electron chi connectivity index (χ3n) is 5.44. The molecule has 0 spiro atoms. The molecule has 3 aromatic heterocycles. The van der Waals surface area contributed by atoms with Crippen LogP contribution in [-0.4, -0.2) is 33.3 Å². The molecule has 5 aromatic rings. The van der Waals surface area contributed by atoms with Crippen molar-refractivity contribution in [2.24, 2.45) is 0 Å². The molecule has 2 N–H and O–H groups in total. The highest BCUT2D eigenvalue weighted by Crippen LogP contribution is 2.29. The van der Waals surface area contributed by atoms with Gasteiger partial charge in [-0.2, -0.15) is 4.98 Å². The molecule has 0 aliphatic rings. The molecule has 9 heteroatoms. The van der Waals surface area contributed by atoms with E-state index in [0.717, 1.165) is 45.6 Å². The maximum atomic E-state index is 10.6. The minimum atomic E-state index is 0.479. The fraction of sp³-hybridized carbons (Fsp3) is 0.148. The van der Waals surface area contributed by atoms with Crippen LogP contribution in [0.4, 0.5) is 22.6 Å². The lowest BCUT2D eigenvalue weighted by Crippen LogP contribution is -2.04. The van der Waals surface area contributed by atoms with Crippen molar-refractivity contribution in [3.8, 4) is 5.88 Å². The van der Waals surface area contributed by atoms with E-state index in [1.807, 2.05) is 54.6 Å². The first-order chi connectivity index (χ1) is 17.7. The lowest BCUT2D eigenvalue weighted by molar-refractivity contribution is -0.107. The Balaban J connectivity index is 1.42. The van der Waals surface area contributed by atoms with Crippen LogP contribution >= 0.6 is 11.3 Å². The van der Waals surface area contributed by atoms with Gasteiger partial charge in [0.05, 0.1) is 12.8 Å². The fourth-order valence-corrected chi connectivity index (χ4v) is 4.54. The van der Waals surface area contributed by atoms with Gasteiger partial charge in [-0.15, -0.1) is 0 Å². The zero-order valence-electron chi connectivity index (χ0n) is 19.6. The number of aromatic nitrogens is 4. The van der Waals surface area contributed by atoms with Crippen LogP contribution < -0.4 is 15.4 Å². The number of benzene rings is 2. The molecule has 5 rings (SSSR count). The van der Waals surface area contributed by atoms with Crippen LogP contribution in [0.5, 0.6) is 5.88 Å². The number of ether oxygens (including phenoxy) is 1. The summed E-state index contributed by atoms with van der Waals surface area (Å²) in [5.41, 5.74) is 4.78. The molecule has 0 saturated carbocycles. The Hall–Kier alpha value is -4.37. The van der Waals surface area contributed by atoms with Gasteiger partial charge in [-0.3, -0.25) is 0 Å². The zero-order valence-corrected chi connectivity index (χ0v) is 20.5. The Morgan fingerprint density at radius 2 is 1.72 bits per heavy atom. The molecule has 8 nitrogen and oxygen atoms in total. The SMILES string of the molecule is COc1ccc2nc(Nc3cc(Cc4ccccc4)nc(Nc4ccc(CCC=O)cc4)n3)sc2n1. The normalized spacial score (nSPS) is 10.8.